The molecule has 24 heavy (non-hydrogen) atoms. The number of aryl methyl sites for hydroxylation is 1. The Morgan fingerprint density at radius 2 is 1.96 bits per heavy atom. The molecule has 2 aromatic carbocycles. The van der Waals surface area contributed by atoms with Crippen molar-refractivity contribution in [3.63, 3.8) is 0 Å². The molecule has 0 radical (unpaired) electrons. The second-order valence-corrected chi connectivity index (χ2v) is 6.92. The zero-order valence-electron chi connectivity index (χ0n) is 13.5. The third-order valence-corrected chi connectivity index (χ3v) is 4.64. The van der Waals surface area contributed by atoms with E-state index in [9.17, 15) is 9.59 Å². The summed E-state index contributed by atoms with van der Waals surface area (Å²) in [5.41, 5.74) is 3.67. The van der Waals surface area contributed by atoms with Crippen molar-refractivity contribution in [3.05, 3.63) is 58.1 Å². The summed E-state index contributed by atoms with van der Waals surface area (Å²) in [6.07, 6.45) is 1.84. The molecule has 0 saturated carbocycles. The molecule has 1 aliphatic heterocycles. The predicted octanol–water partition coefficient (Wildman–Crippen LogP) is 4.07. The fourth-order valence-corrected chi connectivity index (χ4v) is 3.34. The molecule has 0 aliphatic carbocycles. The first-order chi connectivity index (χ1) is 11.5. The van der Waals surface area contributed by atoms with Crippen LogP contribution >= 0.6 is 15.9 Å². The molecule has 2 amide bonds. The molecule has 1 N–H and O–H groups in total. The molecule has 124 valence electrons. The van der Waals surface area contributed by atoms with Gasteiger partial charge in [-0.15, -0.1) is 0 Å². The lowest BCUT2D eigenvalue weighted by atomic mass is 10.1. The number of anilines is 2. The minimum Gasteiger partial charge on any atom is -0.326 e. The van der Waals surface area contributed by atoms with Gasteiger partial charge < -0.3 is 10.2 Å². The highest BCUT2D eigenvalue weighted by Crippen LogP contribution is 2.23. The number of hydrogen-bond donors (Lipinski definition) is 1. The highest BCUT2D eigenvalue weighted by molar-refractivity contribution is 9.10. The van der Waals surface area contributed by atoms with Crippen molar-refractivity contribution in [2.24, 2.45) is 0 Å². The monoisotopic (exact) mass is 386 g/mol. The number of nitrogens with one attached hydrogen (secondary N) is 1. The van der Waals surface area contributed by atoms with Crippen molar-refractivity contribution in [2.45, 2.75) is 26.2 Å². The Labute approximate surface area is 150 Å². The van der Waals surface area contributed by atoms with Gasteiger partial charge in [-0.1, -0.05) is 28.1 Å². The quantitative estimate of drug-likeness (QED) is 0.860. The lowest BCUT2D eigenvalue weighted by Crippen LogP contribution is -2.23. The van der Waals surface area contributed by atoms with Crippen LogP contribution in [0.15, 0.2) is 46.9 Å². The molecule has 0 aromatic heterocycles. The van der Waals surface area contributed by atoms with Gasteiger partial charge in [0.15, 0.2) is 0 Å². The maximum atomic E-state index is 12.2. The van der Waals surface area contributed by atoms with Gasteiger partial charge in [0.1, 0.15) is 0 Å². The van der Waals surface area contributed by atoms with Crippen LogP contribution in [0.2, 0.25) is 0 Å². The summed E-state index contributed by atoms with van der Waals surface area (Å²) in [7, 11) is 0. The van der Waals surface area contributed by atoms with E-state index >= 15 is 0 Å². The van der Waals surface area contributed by atoms with Crippen LogP contribution in [0.3, 0.4) is 0 Å². The fraction of sp³-hybridized carbons (Fsp3) is 0.263. The summed E-state index contributed by atoms with van der Waals surface area (Å²) in [6.45, 7) is 2.74. The van der Waals surface area contributed by atoms with E-state index in [1.165, 1.54) is 0 Å². The molecule has 1 saturated heterocycles. The number of carbonyl (C=O) groups is 2. The van der Waals surface area contributed by atoms with Crippen molar-refractivity contribution in [1.29, 1.82) is 0 Å². The fourth-order valence-electron chi connectivity index (χ4n) is 2.86. The third kappa shape index (κ3) is 3.85. The minimum atomic E-state index is -0.0505. The Morgan fingerprint density at radius 3 is 2.58 bits per heavy atom. The maximum Gasteiger partial charge on any atom is 0.228 e. The summed E-state index contributed by atoms with van der Waals surface area (Å²) in [6, 6.07) is 13.4. The average molecular weight is 387 g/mol. The van der Waals surface area contributed by atoms with E-state index in [-0.39, 0.29) is 11.8 Å². The molecule has 0 atom stereocenters. The molecule has 0 spiro atoms. The first-order valence-corrected chi connectivity index (χ1v) is 8.77. The van der Waals surface area contributed by atoms with Crippen LogP contribution in [0.1, 0.15) is 24.0 Å². The Bertz CT molecular complexity index is 771. The maximum absolute atomic E-state index is 12.2. The van der Waals surface area contributed by atoms with Crippen LogP contribution in [-0.4, -0.2) is 18.4 Å². The first kappa shape index (κ1) is 16.7. The third-order valence-electron chi connectivity index (χ3n) is 4.15. The smallest absolute Gasteiger partial charge is 0.228 e. The molecule has 3 rings (SSSR count). The van der Waals surface area contributed by atoms with Crippen molar-refractivity contribution < 1.29 is 9.59 Å². The zero-order valence-corrected chi connectivity index (χ0v) is 15.1. The van der Waals surface area contributed by atoms with E-state index in [2.05, 4.69) is 21.2 Å². The van der Waals surface area contributed by atoms with Gasteiger partial charge in [-0.05, 0) is 54.8 Å². The summed E-state index contributed by atoms with van der Waals surface area (Å²) < 4.78 is 0.991. The molecule has 5 heteroatoms. The number of halogens is 1. The second kappa shape index (κ2) is 7.18. The molecule has 2 aromatic rings. The molecule has 1 heterocycles. The normalized spacial score (nSPS) is 14.1. The summed E-state index contributed by atoms with van der Waals surface area (Å²) >= 11 is 3.41. The Balaban J connectivity index is 1.63. The number of benzene rings is 2. The van der Waals surface area contributed by atoms with Gasteiger partial charge in [0.25, 0.3) is 0 Å². The predicted molar refractivity (Wildman–Crippen MR) is 99.2 cm³/mol. The van der Waals surface area contributed by atoms with Crippen molar-refractivity contribution in [2.75, 3.05) is 16.8 Å². The van der Waals surface area contributed by atoms with Crippen LogP contribution in [0.25, 0.3) is 0 Å². The van der Waals surface area contributed by atoms with Gasteiger partial charge in [-0.3, -0.25) is 9.59 Å². The summed E-state index contributed by atoms with van der Waals surface area (Å²) in [4.78, 5) is 25.8. The highest BCUT2D eigenvalue weighted by Gasteiger charge is 2.21. The van der Waals surface area contributed by atoms with E-state index in [0.29, 0.717) is 12.8 Å². The van der Waals surface area contributed by atoms with Crippen LogP contribution in [0.5, 0.6) is 0 Å². The van der Waals surface area contributed by atoms with E-state index in [1.807, 2.05) is 49.4 Å². The number of amides is 2. The summed E-state index contributed by atoms with van der Waals surface area (Å²) in [5, 5.41) is 2.94. The van der Waals surface area contributed by atoms with E-state index in [4.69, 9.17) is 0 Å². The number of nitrogens with zero attached hydrogens (tertiary/aromatic N) is 1. The molecule has 0 unspecified atom stereocenters. The van der Waals surface area contributed by atoms with Crippen LogP contribution in [0, 0.1) is 6.92 Å². The Kier molecular flexibility index (Phi) is 5.00. The van der Waals surface area contributed by atoms with Crippen molar-refractivity contribution in [3.8, 4) is 0 Å². The molecule has 0 bridgehead atoms. The van der Waals surface area contributed by atoms with E-state index in [1.54, 1.807) is 4.90 Å². The summed E-state index contributed by atoms with van der Waals surface area (Å²) in [5.74, 6) is 0.122. The molecule has 4 nitrogen and oxygen atoms in total. The van der Waals surface area contributed by atoms with Gasteiger partial charge >= 0.3 is 0 Å². The first-order valence-electron chi connectivity index (χ1n) is 7.98. The van der Waals surface area contributed by atoms with Gasteiger partial charge in [0.05, 0.1) is 6.42 Å². The van der Waals surface area contributed by atoms with Gasteiger partial charge in [-0.25, -0.2) is 0 Å². The van der Waals surface area contributed by atoms with Crippen LogP contribution in [0.4, 0.5) is 11.4 Å². The molecular formula is C19H19BrN2O2. The van der Waals surface area contributed by atoms with Gasteiger partial charge in [0, 0.05) is 28.8 Å². The van der Waals surface area contributed by atoms with Crippen LogP contribution in [-0.2, 0) is 16.0 Å². The largest absolute Gasteiger partial charge is 0.326 e. The van der Waals surface area contributed by atoms with E-state index < -0.39 is 0 Å². The number of carbonyl (C=O) groups excluding carboxylic acids is 2. The minimum absolute atomic E-state index is 0.0505. The standard InChI is InChI=1S/C19H19BrN2O2/c1-13-11-15(20)6-9-17(13)21-18(23)12-14-4-7-16(8-5-14)22-10-2-3-19(22)24/h4-9,11H,2-3,10,12H2,1H3,(H,21,23). The molecule has 1 aliphatic rings. The molecule has 1 fully saturated rings. The van der Waals surface area contributed by atoms with Gasteiger partial charge in [0.2, 0.25) is 11.8 Å². The highest BCUT2D eigenvalue weighted by atomic mass is 79.9. The Hall–Kier alpha value is -2.14. The zero-order chi connectivity index (χ0) is 17.1. The van der Waals surface area contributed by atoms with E-state index in [0.717, 1.165) is 39.9 Å². The lowest BCUT2D eigenvalue weighted by molar-refractivity contribution is -0.117. The SMILES string of the molecule is Cc1cc(Br)ccc1NC(=O)Cc1ccc(N2CCCC2=O)cc1. The number of hydrogen-bond acceptors (Lipinski definition) is 2. The van der Waals surface area contributed by atoms with Crippen molar-refractivity contribution >= 4 is 39.1 Å². The second-order valence-electron chi connectivity index (χ2n) is 6.00. The topological polar surface area (TPSA) is 49.4 Å². The van der Waals surface area contributed by atoms with Gasteiger partial charge in [-0.2, -0.15) is 0 Å². The lowest BCUT2D eigenvalue weighted by Gasteiger charge is -2.16. The average Bonchev–Trinajstić information content (AvgIpc) is 2.97. The van der Waals surface area contributed by atoms with Crippen LogP contribution < -0.4 is 10.2 Å². The number of rotatable bonds is 4. The Morgan fingerprint density at radius 1 is 1.21 bits per heavy atom. The van der Waals surface area contributed by atoms with Crippen molar-refractivity contribution in [1.82, 2.24) is 0 Å². The molecular weight excluding hydrogens is 368 g/mol.